The number of aromatic nitrogens is 3. The minimum absolute atomic E-state index is 0.0618. The molecule has 0 saturated carbocycles. The molecule has 1 heterocycles. The van der Waals surface area contributed by atoms with Crippen LogP contribution in [0.4, 0.5) is 4.39 Å². The highest BCUT2D eigenvalue weighted by Crippen LogP contribution is 2.23. The topological polar surface area (TPSA) is 59.8 Å². The minimum atomic E-state index is -0.296. The summed E-state index contributed by atoms with van der Waals surface area (Å²) in [5, 5.41) is 11.9. The molecule has 1 unspecified atom stereocenters. The summed E-state index contributed by atoms with van der Waals surface area (Å²) in [7, 11) is 1.83. The number of carbonyl (C=O) groups excluding carboxylic acids is 1. The molecule has 0 saturated heterocycles. The number of nitrogens with one attached hydrogen (secondary N) is 1. The van der Waals surface area contributed by atoms with E-state index in [1.165, 1.54) is 29.5 Å². The number of nitrogens with zero attached hydrogens (tertiary/aromatic N) is 3. The Balaban J connectivity index is 1.57. The van der Waals surface area contributed by atoms with Crippen molar-refractivity contribution in [3.05, 3.63) is 65.5 Å². The smallest absolute Gasteiger partial charge is 0.230 e. The van der Waals surface area contributed by atoms with Gasteiger partial charge in [0.2, 0.25) is 5.91 Å². The summed E-state index contributed by atoms with van der Waals surface area (Å²) in [5.74, 6) is 0.513. The third kappa shape index (κ3) is 4.78. The van der Waals surface area contributed by atoms with Crippen molar-refractivity contribution in [3.63, 3.8) is 0 Å². The first-order chi connectivity index (χ1) is 13.5. The fraction of sp³-hybridized carbons (Fsp3) is 0.286. The molecular formula is C21H23FN4OS. The number of hydrogen-bond acceptors (Lipinski definition) is 4. The lowest BCUT2D eigenvalue weighted by molar-refractivity contribution is -0.119. The highest BCUT2D eigenvalue weighted by Gasteiger charge is 2.14. The van der Waals surface area contributed by atoms with Crippen LogP contribution in [0.25, 0.3) is 11.4 Å². The number of thioether (sulfide) groups is 1. The van der Waals surface area contributed by atoms with E-state index in [9.17, 15) is 9.18 Å². The quantitative estimate of drug-likeness (QED) is 0.608. The van der Waals surface area contributed by atoms with Crippen molar-refractivity contribution in [2.75, 3.05) is 5.75 Å². The Morgan fingerprint density at radius 1 is 1.14 bits per heavy atom. The van der Waals surface area contributed by atoms with Crippen LogP contribution in [-0.2, 0) is 18.3 Å². The SMILES string of the molecule is CCc1ccc(C(C)NC(=O)CSc2nnc(-c3ccc(F)cc3)n2C)cc1. The largest absolute Gasteiger partial charge is 0.349 e. The van der Waals surface area contributed by atoms with E-state index >= 15 is 0 Å². The molecule has 3 rings (SSSR count). The maximum atomic E-state index is 13.1. The van der Waals surface area contributed by atoms with Gasteiger partial charge >= 0.3 is 0 Å². The van der Waals surface area contributed by atoms with Crippen LogP contribution in [0.3, 0.4) is 0 Å². The van der Waals surface area contributed by atoms with Gasteiger partial charge in [-0.05, 0) is 48.7 Å². The van der Waals surface area contributed by atoms with Crippen molar-refractivity contribution < 1.29 is 9.18 Å². The Labute approximate surface area is 168 Å². The zero-order valence-corrected chi connectivity index (χ0v) is 17.0. The van der Waals surface area contributed by atoms with E-state index in [0.29, 0.717) is 11.0 Å². The number of amides is 1. The minimum Gasteiger partial charge on any atom is -0.349 e. The molecule has 3 aromatic rings. The summed E-state index contributed by atoms with van der Waals surface area (Å²) < 4.78 is 14.9. The van der Waals surface area contributed by atoms with Crippen molar-refractivity contribution in [3.8, 4) is 11.4 Å². The normalized spacial score (nSPS) is 12.0. The van der Waals surface area contributed by atoms with Gasteiger partial charge in [-0.3, -0.25) is 4.79 Å². The first-order valence-electron chi connectivity index (χ1n) is 9.14. The first-order valence-corrected chi connectivity index (χ1v) is 10.1. The summed E-state index contributed by atoms with van der Waals surface area (Å²) in [5.41, 5.74) is 3.13. The second kappa shape index (κ2) is 9.01. The zero-order chi connectivity index (χ0) is 20.1. The highest BCUT2D eigenvalue weighted by atomic mass is 32.2. The van der Waals surface area contributed by atoms with Gasteiger partial charge in [-0.25, -0.2) is 4.39 Å². The molecule has 1 N–H and O–H groups in total. The lowest BCUT2D eigenvalue weighted by atomic mass is 10.1. The third-order valence-corrected chi connectivity index (χ3v) is 5.56. The molecule has 0 fully saturated rings. The van der Waals surface area contributed by atoms with Crippen molar-refractivity contribution >= 4 is 17.7 Å². The van der Waals surface area contributed by atoms with Gasteiger partial charge in [-0.1, -0.05) is 43.0 Å². The Bertz CT molecular complexity index is 938. The van der Waals surface area contributed by atoms with Crippen LogP contribution in [0.15, 0.2) is 53.7 Å². The number of benzene rings is 2. The van der Waals surface area contributed by atoms with Crippen molar-refractivity contribution in [2.45, 2.75) is 31.5 Å². The fourth-order valence-electron chi connectivity index (χ4n) is 2.83. The van der Waals surface area contributed by atoms with Crippen molar-refractivity contribution in [1.29, 1.82) is 0 Å². The van der Waals surface area contributed by atoms with Gasteiger partial charge in [0.05, 0.1) is 11.8 Å². The molecule has 0 bridgehead atoms. The Morgan fingerprint density at radius 2 is 1.82 bits per heavy atom. The maximum absolute atomic E-state index is 13.1. The third-order valence-electron chi connectivity index (χ3n) is 4.54. The first kappa shape index (κ1) is 20.1. The molecule has 0 aliphatic carbocycles. The molecule has 2 aromatic carbocycles. The summed E-state index contributed by atoms with van der Waals surface area (Å²) >= 11 is 1.32. The standard InChI is InChI=1S/C21H23FN4OS/c1-4-15-5-7-16(8-6-15)14(2)23-19(27)13-28-21-25-24-20(26(21)3)17-9-11-18(22)12-10-17/h5-12,14H,4,13H2,1-3H3,(H,23,27). The Morgan fingerprint density at radius 3 is 2.46 bits per heavy atom. The molecule has 0 radical (unpaired) electrons. The van der Waals surface area contributed by atoms with E-state index in [1.807, 2.05) is 14.0 Å². The molecule has 7 heteroatoms. The lowest BCUT2D eigenvalue weighted by Crippen LogP contribution is -2.28. The van der Waals surface area contributed by atoms with Gasteiger partial charge in [0.1, 0.15) is 5.82 Å². The predicted molar refractivity (Wildman–Crippen MR) is 109 cm³/mol. The van der Waals surface area contributed by atoms with Gasteiger partial charge in [0.25, 0.3) is 0 Å². The van der Waals surface area contributed by atoms with E-state index in [-0.39, 0.29) is 23.5 Å². The van der Waals surface area contributed by atoms with Crippen LogP contribution in [0.1, 0.15) is 31.0 Å². The lowest BCUT2D eigenvalue weighted by Gasteiger charge is -2.14. The number of hydrogen-bond donors (Lipinski definition) is 1. The van der Waals surface area contributed by atoms with E-state index in [2.05, 4.69) is 46.7 Å². The molecule has 28 heavy (non-hydrogen) atoms. The maximum Gasteiger partial charge on any atom is 0.230 e. The van der Waals surface area contributed by atoms with Crippen LogP contribution in [0.5, 0.6) is 0 Å². The van der Waals surface area contributed by atoms with Gasteiger partial charge in [0, 0.05) is 12.6 Å². The average molecular weight is 399 g/mol. The van der Waals surface area contributed by atoms with Gasteiger partial charge in [-0.2, -0.15) is 0 Å². The predicted octanol–water partition coefficient (Wildman–Crippen LogP) is 4.15. The molecule has 5 nitrogen and oxygen atoms in total. The van der Waals surface area contributed by atoms with Gasteiger partial charge < -0.3 is 9.88 Å². The van der Waals surface area contributed by atoms with Gasteiger partial charge in [0.15, 0.2) is 11.0 Å². The number of aryl methyl sites for hydroxylation is 1. The second-order valence-corrected chi connectivity index (χ2v) is 7.49. The Hall–Kier alpha value is -2.67. The fourth-order valence-corrected chi connectivity index (χ4v) is 3.55. The molecule has 1 atom stereocenters. The monoisotopic (exact) mass is 398 g/mol. The molecular weight excluding hydrogens is 375 g/mol. The number of rotatable bonds is 7. The number of carbonyl (C=O) groups is 1. The van der Waals surface area contributed by atoms with E-state index in [1.54, 1.807) is 16.7 Å². The van der Waals surface area contributed by atoms with Crippen LogP contribution in [0, 0.1) is 5.82 Å². The average Bonchev–Trinajstić information content (AvgIpc) is 3.07. The summed E-state index contributed by atoms with van der Waals surface area (Å²) in [6, 6.07) is 14.3. The summed E-state index contributed by atoms with van der Waals surface area (Å²) in [6.45, 7) is 4.09. The van der Waals surface area contributed by atoms with Crippen LogP contribution in [-0.4, -0.2) is 26.4 Å². The Kier molecular flexibility index (Phi) is 6.46. The second-order valence-electron chi connectivity index (χ2n) is 6.55. The molecule has 146 valence electrons. The summed E-state index contributed by atoms with van der Waals surface area (Å²) in [6.07, 6.45) is 0.995. The highest BCUT2D eigenvalue weighted by molar-refractivity contribution is 7.99. The van der Waals surface area contributed by atoms with E-state index < -0.39 is 0 Å². The van der Waals surface area contributed by atoms with Crippen LogP contribution in [0.2, 0.25) is 0 Å². The van der Waals surface area contributed by atoms with Crippen LogP contribution < -0.4 is 5.32 Å². The van der Waals surface area contributed by atoms with E-state index in [4.69, 9.17) is 0 Å². The number of halogens is 1. The zero-order valence-electron chi connectivity index (χ0n) is 16.1. The molecule has 0 spiro atoms. The molecule has 1 aromatic heterocycles. The van der Waals surface area contributed by atoms with E-state index in [0.717, 1.165) is 17.5 Å². The molecule has 0 aliphatic rings. The summed E-state index contributed by atoms with van der Waals surface area (Å²) in [4.78, 5) is 12.3. The van der Waals surface area contributed by atoms with Crippen LogP contribution >= 0.6 is 11.8 Å². The van der Waals surface area contributed by atoms with Crippen molar-refractivity contribution in [2.24, 2.45) is 7.05 Å². The molecule has 1 amide bonds. The molecule has 0 aliphatic heterocycles. The van der Waals surface area contributed by atoms with Gasteiger partial charge in [-0.15, -0.1) is 10.2 Å². The van der Waals surface area contributed by atoms with Crippen molar-refractivity contribution in [1.82, 2.24) is 20.1 Å².